The first-order valence-corrected chi connectivity index (χ1v) is 9.92. The molecule has 2 aromatic rings. The van der Waals surface area contributed by atoms with Crippen molar-refractivity contribution < 1.29 is 4.84 Å². The predicted octanol–water partition coefficient (Wildman–Crippen LogP) is 6.03. The van der Waals surface area contributed by atoms with Gasteiger partial charge in [-0.05, 0) is 68.9 Å². The first-order chi connectivity index (χ1) is 12.7. The van der Waals surface area contributed by atoms with E-state index in [0.29, 0.717) is 5.92 Å². The summed E-state index contributed by atoms with van der Waals surface area (Å²) >= 11 is 7.09. The number of anilines is 1. The van der Waals surface area contributed by atoms with Crippen LogP contribution in [0.5, 0.6) is 0 Å². The molecule has 2 aliphatic rings. The molecule has 0 spiro atoms. The van der Waals surface area contributed by atoms with Crippen molar-refractivity contribution in [2.75, 3.05) is 5.32 Å². The number of fused-ring (bicyclic) bond motifs is 1. The number of hydroxylamine groups is 1. The zero-order chi connectivity index (χ0) is 19.4. The van der Waals surface area contributed by atoms with Crippen molar-refractivity contribution in [3.63, 3.8) is 0 Å². The van der Waals surface area contributed by atoms with E-state index in [1.807, 2.05) is 25.1 Å². The molecule has 0 radical (unpaired) electrons. The summed E-state index contributed by atoms with van der Waals surface area (Å²) in [5.74, 6) is 1.22. The van der Waals surface area contributed by atoms with Gasteiger partial charge in [0.05, 0.1) is 5.02 Å². The maximum Gasteiger partial charge on any atom is 0.127 e. The van der Waals surface area contributed by atoms with E-state index in [1.165, 1.54) is 16.8 Å². The van der Waals surface area contributed by atoms with Gasteiger partial charge in [-0.1, -0.05) is 48.9 Å². The van der Waals surface area contributed by atoms with Crippen LogP contribution in [-0.2, 0) is 10.4 Å². The second-order valence-electron chi connectivity index (χ2n) is 8.59. The van der Waals surface area contributed by atoms with Crippen molar-refractivity contribution in [2.45, 2.75) is 58.0 Å². The van der Waals surface area contributed by atoms with Gasteiger partial charge in [-0.3, -0.25) is 0 Å². The van der Waals surface area contributed by atoms with Crippen molar-refractivity contribution in [3.05, 3.63) is 75.5 Å². The van der Waals surface area contributed by atoms with Crippen LogP contribution in [0.4, 0.5) is 5.69 Å². The highest BCUT2D eigenvalue weighted by molar-refractivity contribution is 6.33. The van der Waals surface area contributed by atoms with Gasteiger partial charge in [0.2, 0.25) is 0 Å². The molecule has 2 aromatic carbocycles. The van der Waals surface area contributed by atoms with Crippen LogP contribution in [0.1, 0.15) is 62.3 Å². The van der Waals surface area contributed by atoms with Crippen molar-refractivity contribution >= 4 is 17.3 Å². The maximum absolute atomic E-state index is 7.09. The zero-order valence-corrected chi connectivity index (χ0v) is 17.4. The standard InChI is InChI=1S/C23H27ClN2O/c1-14-11-18(20(24)19-15(2)12-22(4,5)25-21(14)19)23(13-16(3)27-26-23)17-9-7-6-8-10-17/h6-11,13,15,25-26H,12H2,1-5H3. The lowest BCUT2D eigenvalue weighted by Gasteiger charge is -2.40. The summed E-state index contributed by atoms with van der Waals surface area (Å²) in [6, 6.07) is 12.5. The van der Waals surface area contributed by atoms with Gasteiger partial charge < -0.3 is 10.2 Å². The highest BCUT2D eigenvalue weighted by Crippen LogP contribution is 2.49. The summed E-state index contributed by atoms with van der Waals surface area (Å²) in [4.78, 5) is 5.71. The molecule has 0 fully saturated rings. The maximum atomic E-state index is 7.09. The van der Waals surface area contributed by atoms with E-state index in [0.717, 1.165) is 28.3 Å². The van der Waals surface area contributed by atoms with Crippen LogP contribution in [0.25, 0.3) is 0 Å². The summed E-state index contributed by atoms with van der Waals surface area (Å²) in [5.41, 5.74) is 8.48. The van der Waals surface area contributed by atoms with Crippen LogP contribution in [-0.4, -0.2) is 5.54 Å². The molecule has 2 aliphatic heterocycles. The van der Waals surface area contributed by atoms with Crippen molar-refractivity contribution in [1.29, 1.82) is 0 Å². The highest BCUT2D eigenvalue weighted by Gasteiger charge is 2.42. The Morgan fingerprint density at radius 1 is 1.15 bits per heavy atom. The Hall–Kier alpha value is -1.97. The first kappa shape index (κ1) is 18.4. The number of benzene rings is 2. The molecular weight excluding hydrogens is 356 g/mol. The molecule has 2 heterocycles. The van der Waals surface area contributed by atoms with Crippen LogP contribution >= 0.6 is 11.6 Å². The quantitative estimate of drug-likeness (QED) is 0.665. The summed E-state index contributed by atoms with van der Waals surface area (Å²) in [6.45, 7) is 10.9. The normalized spacial score (nSPS) is 26.0. The van der Waals surface area contributed by atoms with E-state index >= 15 is 0 Å². The number of hydrogen-bond donors (Lipinski definition) is 2. The molecule has 2 N–H and O–H groups in total. The Kier molecular flexibility index (Phi) is 4.28. The minimum absolute atomic E-state index is 0.0599. The Morgan fingerprint density at radius 3 is 2.48 bits per heavy atom. The summed E-state index contributed by atoms with van der Waals surface area (Å²) in [6.07, 6.45) is 3.17. The Labute approximate surface area is 166 Å². The summed E-state index contributed by atoms with van der Waals surface area (Å²) in [7, 11) is 0. The number of allylic oxidation sites excluding steroid dienone is 1. The minimum atomic E-state index is -0.588. The molecule has 4 heteroatoms. The molecule has 0 saturated carbocycles. The van der Waals surface area contributed by atoms with Crippen LogP contribution in [0.15, 0.2) is 48.2 Å². The average Bonchev–Trinajstić information content (AvgIpc) is 3.00. The predicted molar refractivity (Wildman–Crippen MR) is 112 cm³/mol. The molecule has 3 nitrogen and oxygen atoms in total. The number of rotatable bonds is 2. The van der Waals surface area contributed by atoms with E-state index in [9.17, 15) is 0 Å². The van der Waals surface area contributed by atoms with E-state index < -0.39 is 5.54 Å². The number of aryl methyl sites for hydroxylation is 1. The molecule has 0 aromatic heterocycles. The fourth-order valence-corrected chi connectivity index (χ4v) is 5.13. The molecule has 0 bridgehead atoms. The van der Waals surface area contributed by atoms with E-state index in [4.69, 9.17) is 16.4 Å². The Balaban J connectivity index is 1.97. The third-order valence-electron chi connectivity index (χ3n) is 5.72. The summed E-state index contributed by atoms with van der Waals surface area (Å²) < 4.78 is 0. The molecule has 2 unspecified atom stereocenters. The van der Waals surface area contributed by atoms with Crippen LogP contribution in [0.2, 0.25) is 5.02 Å². The van der Waals surface area contributed by atoms with Gasteiger partial charge in [0, 0.05) is 16.8 Å². The molecule has 0 saturated heterocycles. The van der Waals surface area contributed by atoms with Gasteiger partial charge in [0.15, 0.2) is 0 Å². The molecule has 142 valence electrons. The van der Waals surface area contributed by atoms with Gasteiger partial charge in [0.25, 0.3) is 0 Å². The molecule has 2 atom stereocenters. The highest BCUT2D eigenvalue weighted by atomic mass is 35.5. The van der Waals surface area contributed by atoms with Gasteiger partial charge in [-0.15, -0.1) is 5.48 Å². The third kappa shape index (κ3) is 2.94. The lowest BCUT2D eigenvalue weighted by atomic mass is 9.76. The van der Waals surface area contributed by atoms with Crippen LogP contribution in [0, 0.1) is 6.92 Å². The van der Waals surface area contributed by atoms with Gasteiger partial charge in [-0.25, -0.2) is 0 Å². The topological polar surface area (TPSA) is 33.3 Å². The second kappa shape index (κ2) is 6.29. The first-order valence-electron chi connectivity index (χ1n) is 9.54. The summed E-state index contributed by atoms with van der Waals surface area (Å²) in [5, 5.41) is 4.52. The number of nitrogens with one attached hydrogen (secondary N) is 2. The molecule has 0 amide bonds. The smallest absolute Gasteiger partial charge is 0.127 e. The monoisotopic (exact) mass is 382 g/mol. The van der Waals surface area contributed by atoms with Crippen LogP contribution in [0.3, 0.4) is 0 Å². The second-order valence-corrected chi connectivity index (χ2v) is 8.97. The van der Waals surface area contributed by atoms with Crippen molar-refractivity contribution in [2.24, 2.45) is 0 Å². The Morgan fingerprint density at radius 2 is 1.85 bits per heavy atom. The SMILES string of the molecule is CC1=CC(c2ccccc2)(c2cc(C)c3c(c2Cl)C(C)CC(C)(C)N3)NO1. The zero-order valence-electron chi connectivity index (χ0n) is 16.6. The third-order valence-corrected chi connectivity index (χ3v) is 6.12. The van der Waals surface area contributed by atoms with E-state index in [1.54, 1.807) is 0 Å². The van der Waals surface area contributed by atoms with E-state index in [-0.39, 0.29) is 5.54 Å². The van der Waals surface area contributed by atoms with Crippen molar-refractivity contribution in [1.82, 2.24) is 5.48 Å². The Bertz CT molecular complexity index is 920. The van der Waals surface area contributed by atoms with Crippen LogP contribution < -0.4 is 10.8 Å². The molecular formula is C23H27ClN2O. The van der Waals surface area contributed by atoms with Crippen molar-refractivity contribution in [3.8, 4) is 0 Å². The van der Waals surface area contributed by atoms with Gasteiger partial charge in [-0.2, -0.15) is 0 Å². The minimum Gasteiger partial charge on any atom is -0.412 e. The fraction of sp³-hybridized carbons (Fsp3) is 0.391. The molecule has 0 aliphatic carbocycles. The van der Waals surface area contributed by atoms with Gasteiger partial charge >= 0.3 is 0 Å². The lowest BCUT2D eigenvalue weighted by molar-refractivity contribution is 0.0927. The fourth-order valence-electron chi connectivity index (χ4n) is 4.65. The lowest BCUT2D eigenvalue weighted by Crippen LogP contribution is -2.40. The molecule has 27 heavy (non-hydrogen) atoms. The molecule has 4 rings (SSSR count). The largest absolute Gasteiger partial charge is 0.412 e. The van der Waals surface area contributed by atoms with Gasteiger partial charge in [0.1, 0.15) is 11.3 Å². The number of halogens is 1. The average molecular weight is 383 g/mol. The number of hydrogen-bond acceptors (Lipinski definition) is 3. The van der Waals surface area contributed by atoms with E-state index in [2.05, 4.69) is 62.8 Å².